The topological polar surface area (TPSA) is 38.9 Å². The van der Waals surface area contributed by atoms with E-state index < -0.39 is 0 Å². The van der Waals surface area contributed by atoms with Crippen molar-refractivity contribution in [2.75, 3.05) is 0 Å². The van der Waals surface area contributed by atoms with Crippen LogP contribution in [0.2, 0.25) is 0 Å². The Bertz CT molecular complexity index is 1400. The summed E-state index contributed by atoms with van der Waals surface area (Å²) in [4.78, 5) is 9.83. The number of pyridine rings is 2. The van der Waals surface area contributed by atoms with Gasteiger partial charge in [0.1, 0.15) is 11.1 Å². The van der Waals surface area contributed by atoms with Gasteiger partial charge in [0.25, 0.3) is 0 Å². The van der Waals surface area contributed by atoms with Gasteiger partial charge in [-0.2, -0.15) is 0 Å². The molecule has 0 bridgehead atoms. The molecule has 3 heterocycles. The summed E-state index contributed by atoms with van der Waals surface area (Å²) in [5, 5.41) is 1.04. The SMILES string of the molecule is Cc1cnc(-c2cc(C(C)c3ccccc3)c3oc4ccccc4c3n2)cc1CC(C)C. The molecule has 32 heavy (non-hydrogen) atoms. The van der Waals surface area contributed by atoms with Crippen molar-refractivity contribution in [3.63, 3.8) is 0 Å². The molecule has 0 saturated carbocycles. The smallest absolute Gasteiger partial charge is 0.157 e. The van der Waals surface area contributed by atoms with E-state index in [1.54, 1.807) is 0 Å². The van der Waals surface area contributed by atoms with Crippen LogP contribution in [-0.4, -0.2) is 9.97 Å². The van der Waals surface area contributed by atoms with Gasteiger partial charge in [0.15, 0.2) is 5.58 Å². The third kappa shape index (κ3) is 3.69. The standard InChI is InChI=1S/C29H28N2O/c1-18(2)14-22-15-25(30-17-19(22)3)26-16-24(20(4)21-10-6-5-7-11-21)29-28(31-26)23-12-8-9-13-27(23)32-29/h5-13,15-18,20H,14H2,1-4H3. The van der Waals surface area contributed by atoms with Gasteiger partial charge in [-0.05, 0) is 60.2 Å². The highest BCUT2D eigenvalue weighted by Gasteiger charge is 2.20. The molecule has 3 nitrogen and oxygen atoms in total. The molecule has 0 N–H and O–H groups in total. The van der Waals surface area contributed by atoms with Crippen LogP contribution in [0.25, 0.3) is 33.5 Å². The summed E-state index contributed by atoms with van der Waals surface area (Å²) in [6, 6.07) is 23.1. The minimum Gasteiger partial charge on any atom is -0.454 e. The first kappa shape index (κ1) is 20.4. The highest BCUT2D eigenvalue weighted by atomic mass is 16.3. The number of aryl methyl sites for hydroxylation is 1. The number of benzene rings is 2. The molecule has 0 aliphatic carbocycles. The van der Waals surface area contributed by atoms with E-state index in [4.69, 9.17) is 14.4 Å². The van der Waals surface area contributed by atoms with Crippen LogP contribution in [0, 0.1) is 12.8 Å². The van der Waals surface area contributed by atoms with Crippen molar-refractivity contribution in [3.8, 4) is 11.4 Å². The predicted octanol–water partition coefficient (Wildman–Crippen LogP) is 7.70. The van der Waals surface area contributed by atoms with Gasteiger partial charge in [0.05, 0.1) is 11.4 Å². The van der Waals surface area contributed by atoms with Gasteiger partial charge >= 0.3 is 0 Å². The van der Waals surface area contributed by atoms with Crippen molar-refractivity contribution in [1.82, 2.24) is 9.97 Å². The van der Waals surface area contributed by atoms with Crippen LogP contribution in [0.5, 0.6) is 0 Å². The lowest BCUT2D eigenvalue weighted by molar-refractivity contribution is 0.644. The fourth-order valence-corrected chi connectivity index (χ4v) is 4.44. The molecule has 5 aromatic rings. The lowest BCUT2D eigenvalue weighted by Crippen LogP contribution is -2.01. The van der Waals surface area contributed by atoms with E-state index in [1.807, 2.05) is 24.4 Å². The summed E-state index contributed by atoms with van der Waals surface area (Å²) in [6.45, 7) is 8.87. The van der Waals surface area contributed by atoms with Crippen LogP contribution in [0.4, 0.5) is 0 Å². The second-order valence-corrected chi connectivity index (χ2v) is 9.10. The maximum atomic E-state index is 6.33. The molecule has 3 aromatic heterocycles. The average molecular weight is 421 g/mol. The lowest BCUT2D eigenvalue weighted by Gasteiger charge is -2.15. The predicted molar refractivity (Wildman–Crippen MR) is 132 cm³/mol. The van der Waals surface area contributed by atoms with Crippen LogP contribution in [-0.2, 0) is 6.42 Å². The number of nitrogens with zero attached hydrogens (tertiary/aromatic N) is 2. The molecule has 0 amide bonds. The second kappa shape index (κ2) is 8.23. The summed E-state index contributed by atoms with van der Waals surface area (Å²) in [5.74, 6) is 0.757. The van der Waals surface area contributed by atoms with Gasteiger partial charge < -0.3 is 4.42 Å². The monoisotopic (exact) mass is 420 g/mol. The molecule has 3 heteroatoms. The first-order valence-corrected chi connectivity index (χ1v) is 11.3. The van der Waals surface area contributed by atoms with Gasteiger partial charge in [-0.25, -0.2) is 4.98 Å². The quantitative estimate of drug-likeness (QED) is 0.292. The van der Waals surface area contributed by atoms with E-state index in [1.165, 1.54) is 16.7 Å². The zero-order valence-electron chi connectivity index (χ0n) is 19.1. The Hall–Kier alpha value is -3.46. The molecule has 0 radical (unpaired) electrons. The maximum Gasteiger partial charge on any atom is 0.157 e. The Morgan fingerprint density at radius 1 is 0.875 bits per heavy atom. The molecule has 1 unspecified atom stereocenters. The molecular weight excluding hydrogens is 392 g/mol. The van der Waals surface area contributed by atoms with Crippen LogP contribution in [0.1, 0.15) is 48.9 Å². The van der Waals surface area contributed by atoms with Crippen molar-refractivity contribution in [2.45, 2.75) is 40.0 Å². The first-order valence-electron chi connectivity index (χ1n) is 11.3. The largest absolute Gasteiger partial charge is 0.454 e. The number of fused-ring (bicyclic) bond motifs is 3. The highest BCUT2D eigenvalue weighted by Crippen LogP contribution is 2.37. The molecule has 5 rings (SSSR count). The van der Waals surface area contributed by atoms with E-state index in [0.717, 1.165) is 45.4 Å². The summed E-state index contributed by atoms with van der Waals surface area (Å²) in [6.07, 6.45) is 3.01. The molecule has 0 aliphatic rings. The number of rotatable bonds is 5. The molecule has 0 aliphatic heterocycles. The van der Waals surface area contributed by atoms with E-state index >= 15 is 0 Å². The van der Waals surface area contributed by atoms with Crippen molar-refractivity contribution >= 4 is 22.1 Å². The highest BCUT2D eigenvalue weighted by molar-refractivity contribution is 6.04. The van der Waals surface area contributed by atoms with Crippen LogP contribution in [0.15, 0.2) is 77.3 Å². The molecule has 2 aromatic carbocycles. The fourth-order valence-electron chi connectivity index (χ4n) is 4.44. The number of hydrogen-bond acceptors (Lipinski definition) is 3. The van der Waals surface area contributed by atoms with Crippen LogP contribution >= 0.6 is 0 Å². The van der Waals surface area contributed by atoms with Crippen molar-refractivity contribution in [3.05, 3.63) is 95.2 Å². The summed E-state index contributed by atoms with van der Waals surface area (Å²) in [5.41, 5.74) is 9.41. The first-order chi connectivity index (χ1) is 15.5. The molecule has 0 spiro atoms. The number of furan rings is 1. The molecule has 0 fully saturated rings. The van der Waals surface area contributed by atoms with Gasteiger partial charge in [-0.1, -0.05) is 63.2 Å². The van der Waals surface area contributed by atoms with E-state index in [0.29, 0.717) is 5.92 Å². The third-order valence-electron chi connectivity index (χ3n) is 6.23. The summed E-state index contributed by atoms with van der Waals surface area (Å²) in [7, 11) is 0. The number of hydrogen-bond donors (Lipinski definition) is 0. The fraction of sp³-hybridized carbons (Fsp3) is 0.241. The Morgan fingerprint density at radius 2 is 1.62 bits per heavy atom. The zero-order chi connectivity index (χ0) is 22.2. The minimum absolute atomic E-state index is 0.168. The van der Waals surface area contributed by atoms with E-state index in [9.17, 15) is 0 Å². The number of aromatic nitrogens is 2. The Labute approximate surface area is 189 Å². The Balaban J connectivity index is 1.75. The van der Waals surface area contributed by atoms with Crippen LogP contribution in [0.3, 0.4) is 0 Å². The normalized spacial score (nSPS) is 12.7. The maximum absolute atomic E-state index is 6.33. The molecule has 160 valence electrons. The Morgan fingerprint density at radius 3 is 2.41 bits per heavy atom. The summed E-state index contributed by atoms with van der Waals surface area (Å²) >= 11 is 0. The zero-order valence-corrected chi connectivity index (χ0v) is 19.1. The Kier molecular flexibility index (Phi) is 5.26. The minimum atomic E-state index is 0.168. The van der Waals surface area contributed by atoms with Crippen molar-refractivity contribution in [2.24, 2.45) is 5.92 Å². The van der Waals surface area contributed by atoms with Crippen molar-refractivity contribution in [1.29, 1.82) is 0 Å². The van der Waals surface area contributed by atoms with Gasteiger partial charge in [-0.15, -0.1) is 0 Å². The second-order valence-electron chi connectivity index (χ2n) is 9.10. The van der Waals surface area contributed by atoms with E-state index in [-0.39, 0.29) is 5.92 Å². The molecule has 1 atom stereocenters. The molecule has 0 saturated heterocycles. The summed E-state index contributed by atoms with van der Waals surface area (Å²) < 4.78 is 6.33. The average Bonchev–Trinajstić information content (AvgIpc) is 3.18. The van der Waals surface area contributed by atoms with Crippen molar-refractivity contribution < 1.29 is 4.42 Å². The van der Waals surface area contributed by atoms with E-state index in [2.05, 4.69) is 76.2 Å². The van der Waals surface area contributed by atoms with Crippen LogP contribution < -0.4 is 0 Å². The molecular formula is C29H28N2O. The van der Waals surface area contributed by atoms with Gasteiger partial charge in [0, 0.05) is 23.1 Å². The third-order valence-corrected chi connectivity index (χ3v) is 6.23. The lowest BCUT2D eigenvalue weighted by atomic mass is 9.91. The van der Waals surface area contributed by atoms with Gasteiger partial charge in [-0.3, -0.25) is 4.98 Å². The van der Waals surface area contributed by atoms with Gasteiger partial charge in [0.2, 0.25) is 0 Å². The number of para-hydroxylation sites is 1.